The molecule has 1 atom stereocenters. The van der Waals surface area contributed by atoms with Crippen LogP contribution in [-0.2, 0) is 9.53 Å². The van der Waals surface area contributed by atoms with Crippen LogP contribution in [-0.4, -0.2) is 38.9 Å². The van der Waals surface area contributed by atoms with E-state index in [0.29, 0.717) is 11.7 Å². The summed E-state index contributed by atoms with van der Waals surface area (Å²) in [4.78, 5) is 21.1. The molecule has 4 heterocycles. The summed E-state index contributed by atoms with van der Waals surface area (Å²) in [5, 5.41) is 8.81. The lowest BCUT2D eigenvalue weighted by atomic mass is 10.1. The molecule has 1 aliphatic heterocycles. The topological polar surface area (TPSA) is 81.9 Å². The van der Waals surface area contributed by atoms with Gasteiger partial charge in [0.15, 0.2) is 0 Å². The minimum absolute atomic E-state index is 0.152. The zero-order valence-electron chi connectivity index (χ0n) is 12.5. The second kappa shape index (κ2) is 5.71. The fraction of sp³-hybridized carbons (Fsp3) is 0.333. The van der Waals surface area contributed by atoms with E-state index in [-0.39, 0.29) is 5.91 Å². The summed E-state index contributed by atoms with van der Waals surface area (Å²) < 4.78 is 7.23. The standard InChI is InChI=1S/C15H15N5O2S/c1-9(21)19-14-4-12-11(5-16-14)6-18-20(12)15-17-7-13(23-15)10-2-3-22-8-10/h4-7,10H,2-3,8H2,1H3,(H,16,19,21). The Bertz CT molecular complexity index is 866. The maximum atomic E-state index is 11.2. The van der Waals surface area contributed by atoms with Gasteiger partial charge in [-0.25, -0.2) is 14.6 Å². The van der Waals surface area contributed by atoms with Crippen molar-refractivity contribution in [3.05, 3.63) is 29.5 Å². The molecule has 8 heteroatoms. The lowest BCUT2D eigenvalue weighted by molar-refractivity contribution is -0.114. The first-order chi connectivity index (χ1) is 11.2. The van der Waals surface area contributed by atoms with E-state index in [1.807, 2.05) is 12.3 Å². The highest BCUT2D eigenvalue weighted by Gasteiger charge is 2.21. The van der Waals surface area contributed by atoms with Crippen LogP contribution >= 0.6 is 11.3 Å². The predicted octanol–water partition coefficient (Wildman–Crippen LogP) is 2.34. The van der Waals surface area contributed by atoms with Gasteiger partial charge in [-0.3, -0.25) is 4.79 Å². The normalized spacial score (nSPS) is 17.7. The van der Waals surface area contributed by atoms with E-state index < -0.39 is 0 Å². The molecule has 0 aliphatic carbocycles. The highest BCUT2D eigenvalue weighted by Crippen LogP contribution is 2.31. The lowest BCUT2D eigenvalue weighted by Crippen LogP contribution is -2.07. The third kappa shape index (κ3) is 2.71. The van der Waals surface area contributed by atoms with Gasteiger partial charge in [0.25, 0.3) is 0 Å². The molecule has 118 valence electrons. The van der Waals surface area contributed by atoms with Crippen LogP contribution in [0.1, 0.15) is 24.1 Å². The van der Waals surface area contributed by atoms with Gasteiger partial charge in [-0.2, -0.15) is 5.10 Å². The molecule has 0 saturated carbocycles. The summed E-state index contributed by atoms with van der Waals surface area (Å²) in [5.41, 5.74) is 0.868. The third-order valence-electron chi connectivity index (χ3n) is 3.78. The molecule has 1 saturated heterocycles. The van der Waals surface area contributed by atoms with Gasteiger partial charge in [-0.15, -0.1) is 0 Å². The van der Waals surface area contributed by atoms with Crippen LogP contribution in [0.4, 0.5) is 5.82 Å². The number of anilines is 1. The average molecular weight is 329 g/mol. The molecule has 3 aromatic rings. The highest BCUT2D eigenvalue weighted by molar-refractivity contribution is 7.14. The Morgan fingerprint density at radius 1 is 1.39 bits per heavy atom. The fourth-order valence-corrected chi connectivity index (χ4v) is 3.65. The Labute approximate surface area is 136 Å². The van der Waals surface area contributed by atoms with Crippen LogP contribution in [0.5, 0.6) is 0 Å². The van der Waals surface area contributed by atoms with E-state index in [4.69, 9.17) is 4.74 Å². The first-order valence-corrected chi connectivity index (χ1v) is 8.17. The molecule has 0 radical (unpaired) electrons. The molecule has 0 aromatic carbocycles. The van der Waals surface area contributed by atoms with E-state index >= 15 is 0 Å². The summed E-state index contributed by atoms with van der Waals surface area (Å²) in [6.07, 6.45) is 6.39. The summed E-state index contributed by atoms with van der Waals surface area (Å²) in [7, 11) is 0. The van der Waals surface area contributed by atoms with Crippen molar-refractivity contribution in [2.75, 3.05) is 18.5 Å². The highest BCUT2D eigenvalue weighted by atomic mass is 32.1. The van der Waals surface area contributed by atoms with Crippen molar-refractivity contribution in [2.24, 2.45) is 0 Å². The Morgan fingerprint density at radius 3 is 3.09 bits per heavy atom. The summed E-state index contributed by atoms with van der Waals surface area (Å²) in [6.45, 7) is 3.03. The number of nitrogens with one attached hydrogen (secondary N) is 1. The predicted molar refractivity (Wildman–Crippen MR) is 87.0 cm³/mol. The molecule has 4 rings (SSSR count). The molecule has 1 aliphatic rings. The van der Waals surface area contributed by atoms with Crippen molar-refractivity contribution in [1.82, 2.24) is 19.7 Å². The molecule has 1 N–H and O–H groups in total. The van der Waals surface area contributed by atoms with Crippen molar-refractivity contribution in [1.29, 1.82) is 0 Å². The second-order valence-corrected chi connectivity index (χ2v) is 6.51. The maximum absolute atomic E-state index is 11.2. The maximum Gasteiger partial charge on any atom is 0.222 e. The number of carbonyl (C=O) groups excluding carboxylic acids is 1. The zero-order chi connectivity index (χ0) is 15.8. The number of thiazole rings is 1. The number of ether oxygens (including phenoxy) is 1. The SMILES string of the molecule is CC(=O)Nc1cc2c(cn1)cnn2-c1ncc(C2CCOC2)s1. The number of hydrogen-bond donors (Lipinski definition) is 1. The van der Waals surface area contributed by atoms with Crippen LogP contribution < -0.4 is 5.32 Å². The van der Waals surface area contributed by atoms with E-state index in [1.54, 1.807) is 28.4 Å². The van der Waals surface area contributed by atoms with E-state index in [2.05, 4.69) is 20.4 Å². The van der Waals surface area contributed by atoms with E-state index in [1.165, 1.54) is 11.8 Å². The molecule has 7 nitrogen and oxygen atoms in total. The van der Waals surface area contributed by atoms with Crippen LogP contribution in [0, 0.1) is 0 Å². The largest absolute Gasteiger partial charge is 0.381 e. The Kier molecular flexibility index (Phi) is 3.55. The summed E-state index contributed by atoms with van der Waals surface area (Å²) >= 11 is 1.62. The van der Waals surface area contributed by atoms with E-state index in [0.717, 1.165) is 35.7 Å². The molecule has 0 spiro atoms. The Balaban J connectivity index is 1.71. The summed E-state index contributed by atoms with van der Waals surface area (Å²) in [6, 6.07) is 1.81. The molecule has 1 unspecified atom stereocenters. The average Bonchev–Trinajstić information content (AvgIpc) is 3.25. The van der Waals surface area contributed by atoms with Crippen molar-refractivity contribution in [2.45, 2.75) is 19.3 Å². The molecule has 1 fully saturated rings. The van der Waals surface area contributed by atoms with Crippen LogP contribution in [0.15, 0.2) is 24.7 Å². The number of carbonyl (C=O) groups is 1. The molecule has 3 aromatic heterocycles. The molecular formula is C15H15N5O2S. The Hall–Kier alpha value is -2.32. The first kappa shape index (κ1) is 14.3. The summed E-state index contributed by atoms with van der Waals surface area (Å²) in [5.74, 6) is 0.785. The number of hydrogen-bond acceptors (Lipinski definition) is 6. The minimum Gasteiger partial charge on any atom is -0.381 e. The van der Waals surface area contributed by atoms with Gasteiger partial charge in [0, 0.05) is 48.2 Å². The zero-order valence-corrected chi connectivity index (χ0v) is 13.3. The number of fused-ring (bicyclic) bond motifs is 1. The van der Waals surface area contributed by atoms with Gasteiger partial charge < -0.3 is 10.1 Å². The number of amides is 1. The van der Waals surface area contributed by atoms with Crippen LogP contribution in [0.2, 0.25) is 0 Å². The van der Waals surface area contributed by atoms with Crippen molar-refractivity contribution in [3.63, 3.8) is 0 Å². The van der Waals surface area contributed by atoms with Gasteiger partial charge >= 0.3 is 0 Å². The van der Waals surface area contributed by atoms with Gasteiger partial charge in [-0.1, -0.05) is 11.3 Å². The van der Waals surface area contributed by atoms with Gasteiger partial charge in [0.05, 0.1) is 18.3 Å². The minimum atomic E-state index is -0.152. The number of aromatic nitrogens is 4. The lowest BCUT2D eigenvalue weighted by Gasteiger charge is -2.03. The molecular weight excluding hydrogens is 314 g/mol. The number of nitrogens with zero attached hydrogens (tertiary/aromatic N) is 4. The second-order valence-electron chi connectivity index (χ2n) is 5.47. The Morgan fingerprint density at radius 2 is 2.30 bits per heavy atom. The van der Waals surface area contributed by atoms with Gasteiger partial charge in [0.2, 0.25) is 11.0 Å². The smallest absolute Gasteiger partial charge is 0.222 e. The molecule has 0 bridgehead atoms. The quantitative estimate of drug-likeness (QED) is 0.797. The monoisotopic (exact) mass is 329 g/mol. The fourth-order valence-electron chi connectivity index (χ4n) is 2.64. The van der Waals surface area contributed by atoms with Gasteiger partial charge in [-0.05, 0) is 6.42 Å². The van der Waals surface area contributed by atoms with Crippen molar-refractivity contribution in [3.8, 4) is 5.13 Å². The van der Waals surface area contributed by atoms with Crippen LogP contribution in [0.3, 0.4) is 0 Å². The van der Waals surface area contributed by atoms with Crippen molar-refractivity contribution < 1.29 is 9.53 Å². The molecule has 1 amide bonds. The molecule has 23 heavy (non-hydrogen) atoms. The van der Waals surface area contributed by atoms with Gasteiger partial charge in [0.1, 0.15) is 5.82 Å². The number of pyridine rings is 1. The van der Waals surface area contributed by atoms with E-state index in [9.17, 15) is 4.79 Å². The van der Waals surface area contributed by atoms with Crippen LogP contribution in [0.25, 0.3) is 16.0 Å². The third-order valence-corrected chi connectivity index (χ3v) is 4.92. The van der Waals surface area contributed by atoms with Crippen molar-refractivity contribution >= 4 is 34.0 Å². The number of rotatable bonds is 3. The first-order valence-electron chi connectivity index (χ1n) is 7.36.